The maximum Gasteiger partial charge on any atom is 0.129 e. The first kappa shape index (κ1) is 8.51. The van der Waals surface area contributed by atoms with Crippen molar-refractivity contribution >= 4 is 26.8 Å². The van der Waals surface area contributed by atoms with Gasteiger partial charge in [-0.2, -0.15) is 0 Å². The minimum atomic E-state index is 0.859. The molecule has 2 aromatic rings. The maximum atomic E-state index is 5.21. The number of rotatable bonds is 1. The lowest BCUT2D eigenvalue weighted by Crippen LogP contribution is -1.86. The van der Waals surface area contributed by atoms with Crippen LogP contribution in [-0.4, -0.2) is 12.1 Å². The fraction of sp³-hybridized carbons (Fsp3) is 0.100. The van der Waals surface area contributed by atoms with Crippen molar-refractivity contribution in [2.45, 2.75) is 0 Å². The fourth-order valence-corrected chi connectivity index (χ4v) is 1.62. The molecule has 0 saturated heterocycles. The number of fused-ring (bicyclic) bond motifs is 1. The van der Waals surface area contributed by atoms with E-state index in [2.05, 4.69) is 20.9 Å². The number of benzene rings is 1. The van der Waals surface area contributed by atoms with Gasteiger partial charge in [-0.3, -0.25) is 4.98 Å². The lowest BCUT2D eigenvalue weighted by atomic mass is 10.2. The number of methoxy groups -OCH3 is 1. The molecule has 1 aromatic carbocycles. The van der Waals surface area contributed by atoms with Crippen LogP contribution in [0.25, 0.3) is 10.9 Å². The zero-order valence-electron chi connectivity index (χ0n) is 7.12. The molecule has 0 N–H and O–H groups in total. The smallest absolute Gasteiger partial charge is 0.129 e. The van der Waals surface area contributed by atoms with Crippen molar-refractivity contribution in [3.8, 4) is 5.75 Å². The zero-order chi connectivity index (χ0) is 9.26. The van der Waals surface area contributed by atoms with Gasteiger partial charge in [0, 0.05) is 16.1 Å². The Morgan fingerprint density at radius 1 is 1.31 bits per heavy atom. The van der Waals surface area contributed by atoms with E-state index in [9.17, 15) is 0 Å². The van der Waals surface area contributed by atoms with Crippen LogP contribution in [0.3, 0.4) is 0 Å². The Morgan fingerprint density at radius 3 is 2.92 bits per heavy atom. The van der Waals surface area contributed by atoms with Gasteiger partial charge in [0.25, 0.3) is 0 Å². The van der Waals surface area contributed by atoms with Gasteiger partial charge in [0.1, 0.15) is 5.75 Å². The van der Waals surface area contributed by atoms with Crippen LogP contribution in [0.2, 0.25) is 0 Å². The Labute approximate surface area is 84.7 Å². The van der Waals surface area contributed by atoms with Crippen molar-refractivity contribution in [1.29, 1.82) is 0 Å². The molecule has 0 unspecified atom stereocenters. The number of ether oxygens (including phenoxy) is 1. The molecule has 0 saturated carbocycles. The number of pyridine rings is 1. The first-order chi connectivity index (χ1) is 6.31. The van der Waals surface area contributed by atoms with Crippen molar-refractivity contribution in [3.05, 3.63) is 34.9 Å². The van der Waals surface area contributed by atoms with Gasteiger partial charge in [0.2, 0.25) is 0 Å². The molecule has 0 aliphatic rings. The molecule has 2 nitrogen and oxygen atoms in total. The lowest BCUT2D eigenvalue weighted by Gasteiger charge is -2.03. The van der Waals surface area contributed by atoms with Crippen molar-refractivity contribution in [3.63, 3.8) is 0 Å². The summed E-state index contributed by atoms with van der Waals surface area (Å²) in [5.41, 5.74) is 0.939. The Bertz CT molecular complexity index is 442. The number of nitrogens with zero attached hydrogens (tertiary/aromatic N) is 1. The minimum Gasteiger partial charge on any atom is -0.496 e. The Morgan fingerprint density at radius 2 is 2.15 bits per heavy atom. The highest BCUT2D eigenvalue weighted by Crippen LogP contribution is 2.25. The summed E-state index contributed by atoms with van der Waals surface area (Å²) >= 11 is 3.40. The summed E-state index contributed by atoms with van der Waals surface area (Å²) in [5.74, 6) is 0.859. The molecule has 2 rings (SSSR count). The highest BCUT2D eigenvalue weighted by Gasteiger charge is 2.00. The van der Waals surface area contributed by atoms with Crippen LogP contribution in [0.1, 0.15) is 0 Å². The quantitative estimate of drug-likeness (QED) is 0.761. The van der Waals surface area contributed by atoms with Crippen LogP contribution in [0.4, 0.5) is 0 Å². The molecule has 0 amide bonds. The van der Waals surface area contributed by atoms with Crippen LogP contribution < -0.4 is 4.74 Å². The second kappa shape index (κ2) is 3.34. The Balaban J connectivity index is 2.77. The van der Waals surface area contributed by atoms with E-state index >= 15 is 0 Å². The molecule has 0 bridgehead atoms. The monoisotopic (exact) mass is 237 g/mol. The molecule has 1 heterocycles. The molecule has 13 heavy (non-hydrogen) atoms. The van der Waals surface area contributed by atoms with Gasteiger partial charge >= 0.3 is 0 Å². The van der Waals surface area contributed by atoms with Gasteiger partial charge in [-0.15, -0.1) is 0 Å². The first-order valence-corrected chi connectivity index (χ1v) is 4.69. The van der Waals surface area contributed by atoms with E-state index in [0.717, 1.165) is 21.1 Å². The molecule has 0 atom stereocenters. The third-order valence-corrected chi connectivity index (χ3v) is 2.38. The highest BCUT2D eigenvalue weighted by molar-refractivity contribution is 9.10. The highest BCUT2D eigenvalue weighted by atomic mass is 79.9. The fourth-order valence-electron chi connectivity index (χ4n) is 1.27. The van der Waals surface area contributed by atoms with Crippen molar-refractivity contribution in [2.75, 3.05) is 7.11 Å². The molecule has 3 heteroatoms. The molecule has 0 aliphatic heterocycles. The second-order valence-corrected chi connectivity index (χ2v) is 3.59. The predicted octanol–water partition coefficient (Wildman–Crippen LogP) is 3.01. The number of hydrogen-bond acceptors (Lipinski definition) is 2. The van der Waals surface area contributed by atoms with Crippen molar-refractivity contribution < 1.29 is 4.74 Å². The van der Waals surface area contributed by atoms with E-state index in [0.29, 0.717) is 0 Å². The van der Waals surface area contributed by atoms with Gasteiger partial charge < -0.3 is 4.74 Å². The van der Waals surface area contributed by atoms with Crippen LogP contribution in [0.5, 0.6) is 5.75 Å². The van der Waals surface area contributed by atoms with E-state index in [1.807, 2.05) is 24.3 Å². The molecule has 0 fully saturated rings. The lowest BCUT2D eigenvalue weighted by molar-refractivity contribution is 0.419. The average Bonchev–Trinajstić information content (AvgIpc) is 2.16. The molecular weight excluding hydrogens is 230 g/mol. The molecule has 1 aromatic heterocycles. The van der Waals surface area contributed by atoms with Crippen molar-refractivity contribution in [2.24, 2.45) is 0 Å². The number of hydrogen-bond donors (Lipinski definition) is 0. The Kier molecular flexibility index (Phi) is 2.19. The first-order valence-electron chi connectivity index (χ1n) is 3.89. The molecule has 0 spiro atoms. The predicted molar refractivity (Wildman–Crippen MR) is 56.0 cm³/mol. The van der Waals surface area contributed by atoms with Gasteiger partial charge in [0.05, 0.1) is 12.6 Å². The SMILES string of the molecule is COc1ccnc2cc(Br)ccc12. The maximum absolute atomic E-state index is 5.21. The van der Waals surface area contributed by atoms with Crippen LogP contribution >= 0.6 is 15.9 Å². The summed E-state index contributed by atoms with van der Waals surface area (Å²) in [4.78, 5) is 4.24. The van der Waals surface area contributed by atoms with E-state index in [1.165, 1.54) is 0 Å². The normalized spacial score (nSPS) is 10.3. The third kappa shape index (κ3) is 1.52. The largest absolute Gasteiger partial charge is 0.496 e. The van der Waals surface area contributed by atoms with Crippen molar-refractivity contribution in [1.82, 2.24) is 4.98 Å². The van der Waals surface area contributed by atoms with E-state index in [1.54, 1.807) is 13.3 Å². The summed E-state index contributed by atoms with van der Waals surface area (Å²) < 4.78 is 6.24. The van der Waals surface area contributed by atoms with Gasteiger partial charge in [-0.25, -0.2) is 0 Å². The zero-order valence-corrected chi connectivity index (χ0v) is 8.71. The number of halogens is 1. The van der Waals surface area contributed by atoms with Gasteiger partial charge in [-0.1, -0.05) is 15.9 Å². The number of aromatic nitrogens is 1. The minimum absolute atomic E-state index is 0.859. The summed E-state index contributed by atoms with van der Waals surface area (Å²) in [6.45, 7) is 0. The molecule has 0 radical (unpaired) electrons. The summed E-state index contributed by atoms with van der Waals surface area (Å²) in [6.07, 6.45) is 1.74. The Hall–Kier alpha value is -1.09. The van der Waals surface area contributed by atoms with E-state index < -0.39 is 0 Å². The van der Waals surface area contributed by atoms with Crippen LogP contribution in [0, 0.1) is 0 Å². The second-order valence-electron chi connectivity index (χ2n) is 2.67. The average molecular weight is 238 g/mol. The summed E-state index contributed by atoms with van der Waals surface area (Å²) in [5, 5.41) is 1.04. The van der Waals surface area contributed by atoms with Gasteiger partial charge in [0.15, 0.2) is 0 Å². The van der Waals surface area contributed by atoms with E-state index in [4.69, 9.17) is 4.74 Å². The third-order valence-electron chi connectivity index (χ3n) is 1.88. The summed E-state index contributed by atoms with van der Waals surface area (Å²) in [7, 11) is 1.66. The molecule has 0 aliphatic carbocycles. The van der Waals surface area contributed by atoms with Gasteiger partial charge in [-0.05, 0) is 24.3 Å². The summed E-state index contributed by atoms with van der Waals surface area (Å²) in [6, 6.07) is 7.80. The van der Waals surface area contributed by atoms with Crippen LogP contribution in [0.15, 0.2) is 34.9 Å². The van der Waals surface area contributed by atoms with Crippen LogP contribution in [-0.2, 0) is 0 Å². The molecule has 66 valence electrons. The molecular formula is C10H8BrNO. The van der Waals surface area contributed by atoms with E-state index in [-0.39, 0.29) is 0 Å². The topological polar surface area (TPSA) is 22.1 Å². The standard InChI is InChI=1S/C10H8BrNO/c1-13-10-4-5-12-9-6-7(11)2-3-8(9)10/h2-6H,1H3.